The number of rotatable bonds is 6. The number of hydrogen-bond acceptors (Lipinski definition) is 2. The molecule has 0 spiro atoms. The van der Waals surface area contributed by atoms with Gasteiger partial charge in [-0.3, -0.25) is 0 Å². The van der Waals surface area contributed by atoms with Crippen molar-refractivity contribution in [3.63, 3.8) is 0 Å². The SMILES string of the molecule is CC/C(=C/CNCc1cccc(C)c1)C(=O)O. The first-order valence-electron chi connectivity index (χ1n) is 5.82. The number of carboxylic acid groups (broad SMARTS) is 1. The molecule has 0 atom stereocenters. The molecule has 0 aromatic heterocycles. The van der Waals surface area contributed by atoms with Crippen molar-refractivity contribution in [1.82, 2.24) is 5.32 Å². The summed E-state index contributed by atoms with van der Waals surface area (Å²) >= 11 is 0. The number of aliphatic carboxylic acids is 1. The van der Waals surface area contributed by atoms with Gasteiger partial charge in [0.15, 0.2) is 0 Å². The predicted octanol–water partition coefficient (Wildman–Crippen LogP) is 2.51. The molecule has 1 rings (SSSR count). The molecule has 92 valence electrons. The third kappa shape index (κ3) is 4.83. The second-order valence-electron chi connectivity index (χ2n) is 4.01. The normalized spacial score (nSPS) is 11.5. The van der Waals surface area contributed by atoms with Crippen molar-refractivity contribution in [2.75, 3.05) is 6.54 Å². The fraction of sp³-hybridized carbons (Fsp3) is 0.357. The summed E-state index contributed by atoms with van der Waals surface area (Å²) in [6, 6.07) is 8.26. The van der Waals surface area contributed by atoms with Crippen LogP contribution >= 0.6 is 0 Å². The Morgan fingerprint density at radius 2 is 2.24 bits per heavy atom. The molecule has 0 fully saturated rings. The average molecular weight is 233 g/mol. The minimum atomic E-state index is -0.829. The van der Waals surface area contributed by atoms with Crippen LogP contribution in [0.1, 0.15) is 24.5 Å². The van der Waals surface area contributed by atoms with E-state index in [0.717, 1.165) is 6.54 Å². The number of aryl methyl sites for hydroxylation is 1. The number of carboxylic acids is 1. The van der Waals surface area contributed by atoms with Crippen LogP contribution in [0.5, 0.6) is 0 Å². The molecule has 0 heterocycles. The van der Waals surface area contributed by atoms with Gasteiger partial charge < -0.3 is 10.4 Å². The zero-order valence-electron chi connectivity index (χ0n) is 10.4. The Balaban J connectivity index is 2.40. The largest absolute Gasteiger partial charge is 0.478 e. The van der Waals surface area contributed by atoms with Crippen LogP contribution in [0.4, 0.5) is 0 Å². The van der Waals surface area contributed by atoms with E-state index >= 15 is 0 Å². The summed E-state index contributed by atoms with van der Waals surface area (Å²) in [5.74, 6) is -0.829. The van der Waals surface area contributed by atoms with Crippen LogP contribution in [0.3, 0.4) is 0 Å². The Morgan fingerprint density at radius 1 is 1.47 bits per heavy atom. The minimum absolute atomic E-state index is 0.460. The smallest absolute Gasteiger partial charge is 0.331 e. The molecule has 17 heavy (non-hydrogen) atoms. The fourth-order valence-electron chi connectivity index (χ4n) is 1.62. The summed E-state index contributed by atoms with van der Waals surface area (Å²) in [5, 5.41) is 12.0. The number of hydrogen-bond donors (Lipinski definition) is 2. The molecule has 0 aliphatic carbocycles. The molecular formula is C14H19NO2. The minimum Gasteiger partial charge on any atom is -0.478 e. The number of nitrogens with one attached hydrogen (secondary N) is 1. The van der Waals surface area contributed by atoms with Crippen molar-refractivity contribution in [1.29, 1.82) is 0 Å². The summed E-state index contributed by atoms with van der Waals surface area (Å²) in [6.45, 7) is 5.25. The molecule has 3 heteroatoms. The van der Waals surface area contributed by atoms with Crippen LogP contribution in [0.15, 0.2) is 35.9 Å². The Labute approximate surface area is 102 Å². The van der Waals surface area contributed by atoms with Gasteiger partial charge in [0.25, 0.3) is 0 Å². The van der Waals surface area contributed by atoms with Gasteiger partial charge in [-0.25, -0.2) is 4.79 Å². The molecule has 0 aliphatic rings. The molecule has 1 aromatic carbocycles. The average Bonchev–Trinajstić information content (AvgIpc) is 2.28. The maximum atomic E-state index is 10.7. The first-order chi connectivity index (χ1) is 8.13. The van der Waals surface area contributed by atoms with E-state index in [-0.39, 0.29) is 0 Å². The van der Waals surface area contributed by atoms with Crippen LogP contribution in [0.25, 0.3) is 0 Å². The third-order valence-corrected chi connectivity index (χ3v) is 2.56. The zero-order valence-corrected chi connectivity index (χ0v) is 10.4. The van der Waals surface area contributed by atoms with Gasteiger partial charge in [-0.2, -0.15) is 0 Å². The molecular weight excluding hydrogens is 214 g/mol. The summed E-state index contributed by atoms with van der Waals surface area (Å²) in [4.78, 5) is 10.7. The van der Waals surface area contributed by atoms with Crippen LogP contribution in [-0.2, 0) is 11.3 Å². The molecule has 0 aliphatic heterocycles. The highest BCUT2D eigenvalue weighted by atomic mass is 16.4. The Bertz CT molecular complexity index is 410. The maximum Gasteiger partial charge on any atom is 0.331 e. The molecule has 0 radical (unpaired) electrons. The summed E-state index contributed by atoms with van der Waals surface area (Å²) < 4.78 is 0. The van der Waals surface area contributed by atoms with Crippen LogP contribution in [0, 0.1) is 6.92 Å². The Morgan fingerprint density at radius 3 is 2.82 bits per heavy atom. The molecule has 1 aromatic rings. The summed E-state index contributed by atoms with van der Waals surface area (Å²) in [7, 11) is 0. The number of benzene rings is 1. The van der Waals surface area contributed by atoms with E-state index in [1.807, 2.05) is 13.0 Å². The summed E-state index contributed by atoms with van der Waals surface area (Å²) in [6.07, 6.45) is 2.29. The van der Waals surface area contributed by atoms with Crippen molar-refractivity contribution in [2.24, 2.45) is 0 Å². The van der Waals surface area contributed by atoms with E-state index < -0.39 is 5.97 Å². The number of carbonyl (C=O) groups is 1. The van der Waals surface area contributed by atoms with E-state index in [9.17, 15) is 4.79 Å². The monoisotopic (exact) mass is 233 g/mol. The molecule has 0 amide bonds. The van der Waals surface area contributed by atoms with Crippen molar-refractivity contribution in [2.45, 2.75) is 26.8 Å². The fourth-order valence-corrected chi connectivity index (χ4v) is 1.62. The predicted molar refractivity (Wildman–Crippen MR) is 68.9 cm³/mol. The highest BCUT2D eigenvalue weighted by Gasteiger charge is 2.02. The van der Waals surface area contributed by atoms with Gasteiger partial charge in [0.05, 0.1) is 0 Å². The summed E-state index contributed by atoms with van der Waals surface area (Å²) in [5.41, 5.74) is 2.91. The molecule has 0 saturated heterocycles. The van der Waals surface area contributed by atoms with Crippen LogP contribution < -0.4 is 5.32 Å². The standard InChI is InChI=1S/C14H19NO2/c1-3-13(14(16)17)7-8-15-10-12-6-4-5-11(2)9-12/h4-7,9,15H,3,8,10H2,1-2H3,(H,16,17)/b13-7-. The third-order valence-electron chi connectivity index (χ3n) is 2.56. The van der Waals surface area contributed by atoms with Crippen LogP contribution in [0.2, 0.25) is 0 Å². The van der Waals surface area contributed by atoms with Gasteiger partial charge in [0, 0.05) is 18.7 Å². The first-order valence-corrected chi connectivity index (χ1v) is 5.82. The van der Waals surface area contributed by atoms with Gasteiger partial charge in [0.2, 0.25) is 0 Å². The van der Waals surface area contributed by atoms with E-state index in [0.29, 0.717) is 18.5 Å². The molecule has 0 saturated carbocycles. The quantitative estimate of drug-likeness (QED) is 0.586. The molecule has 2 N–H and O–H groups in total. The second kappa shape index (κ2) is 6.86. The van der Waals surface area contributed by atoms with E-state index in [1.165, 1.54) is 11.1 Å². The maximum absolute atomic E-state index is 10.7. The lowest BCUT2D eigenvalue weighted by Crippen LogP contribution is -2.14. The topological polar surface area (TPSA) is 49.3 Å². The van der Waals surface area contributed by atoms with Crippen molar-refractivity contribution in [3.05, 3.63) is 47.0 Å². The highest BCUT2D eigenvalue weighted by molar-refractivity contribution is 5.86. The highest BCUT2D eigenvalue weighted by Crippen LogP contribution is 2.03. The molecule has 0 unspecified atom stereocenters. The van der Waals surface area contributed by atoms with Gasteiger partial charge >= 0.3 is 5.97 Å². The van der Waals surface area contributed by atoms with Gasteiger partial charge in [-0.1, -0.05) is 42.8 Å². The van der Waals surface area contributed by atoms with Crippen molar-refractivity contribution in [3.8, 4) is 0 Å². The Kier molecular flexibility index (Phi) is 5.43. The van der Waals surface area contributed by atoms with Crippen LogP contribution in [-0.4, -0.2) is 17.6 Å². The lowest BCUT2D eigenvalue weighted by atomic mass is 10.1. The van der Waals surface area contributed by atoms with Crippen molar-refractivity contribution >= 4 is 5.97 Å². The van der Waals surface area contributed by atoms with Crippen molar-refractivity contribution < 1.29 is 9.90 Å². The van der Waals surface area contributed by atoms with E-state index in [1.54, 1.807) is 6.08 Å². The lowest BCUT2D eigenvalue weighted by Gasteiger charge is -2.04. The van der Waals surface area contributed by atoms with Gasteiger partial charge in [0.1, 0.15) is 0 Å². The second-order valence-corrected chi connectivity index (χ2v) is 4.01. The van der Waals surface area contributed by atoms with Gasteiger partial charge in [-0.05, 0) is 18.9 Å². The lowest BCUT2D eigenvalue weighted by molar-refractivity contribution is -0.132. The van der Waals surface area contributed by atoms with E-state index in [4.69, 9.17) is 5.11 Å². The zero-order chi connectivity index (χ0) is 12.7. The van der Waals surface area contributed by atoms with E-state index in [2.05, 4.69) is 30.4 Å². The molecule has 3 nitrogen and oxygen atoms in total. The molecule has 0 bridgehead atoms. The Hall–Kier alpha value is -1.61. The first kappa shape index (κ1) is 13.5. The van der Waals surface area contributed by atoms with Gasteiger partial charge in [-0.15, -0.1) is 0 Å².